The maximum Gasteiger partial charge on any atom is 0.321 e. The van der Waals surface area contributed by atoms with Crippen LogP contribution >= 0.6 is 11.6 Å². The molecule has 0 radical (unpaired) electrons. The highest BCUT2D eigenvalue weighted by molar-refractivity contribution is 6.30. The van der Waals surface area contributed by atoms with E-state index in [-0.39, 0.29) is 23.9 Å². The van der Waals surface area contributed by atoms with Crippen LogP contribution in [-0.4, -0.2) is 47.4 Å². The molecule has 6 heteroatoms. The van der Waals surface area contributed by atoms with Crippen LogP contribution in [0.5, 0.6) is 0 Å². The summed E-state index contributed by atoms with van der Waals surface area (Å²) in [5, 5.41) is 3.47. The second-order valence-electron chi connectivity index (χ2n) is 6.31. The Bertz CT molecular complexity index is 607. The van der Waals surface area contributed by atoms with Crippen LogP contribution in [0.4, 0.5) is 10.5 Å². The molecule has 1 N–H and O–H groups in total. The molecule has 3 amide bonds. The Morgan fingerprint density at radius 2 is 2.17 bits per heavy atom. The van der Waals surface area contributed by atoms with Gasteiger partial charge in [0.05, 0.1) is 5.92 Å². The van der Waals surface area contributed by atoms with Crippen LogP contribution in [0, 0.1) is 5.92 Å². The van der Waals surface area contributed by atoms with Gasteiger partial charge in [-0.15, -0.1) is 0 Å². The van der Waals surface area contributed by atoms with E-state index in [4.69, 9.17) is 11.6 Å². The van der Waals surface area contributed by atoms with Gasteiger partial charge >= 0.3 is 6.03 Å². The first kappa shape index (κ1) is 16.1. The van der Waals surface area contributed by atoms with Crippen molar-refractivity contribution in [2.45, 2.75) is 32.2 Å². The van der Waals surface area contributed by atoms with Gasteiger partial charge in [0.2, 0.25) is 5.91 Å². The predicted molar refractivity (Wildman–Crippen MR) is 90.6 cm³/mol. The van der Waals surface area contributed by atoms with Crippen LogP contribution in [0.15, 0.2) is 24.3 Å². The van der Waals surface area contributed by atoms with Gasteiger partial charge in [-0.1, -0.05) is 24.6 Å². The second-order valence-corrected chi connectivity index (χ2v) is 6.74. The van der Waals surface area contributed by atoms with Crippen LogP contribution in [-0.2, 0) is 4.79 Å². The van der Waals surface area contributed by atoms with Gasteiger partial charge in [0.1, 0.15) is 0 Å². The number of carbonyl (C=O) groups excluding carboxylic acids is 2. The molecule has 3 aliphatic heterocycles. The summed E-state index contributed by atoms with van der Waals surface area (Å²) in [5.74, 6) is 0.145. The van der Waals surface area contributed by atoms with Crippen molar-refractivity contribution in [2.24, 2.45) is 5.92 Å². The summed E-state index contributed by atoms with van der Waals surface area (Å²) in [6.45, 7) is 3.97. The molecule has 0 aliphatic carbocycles. The number of urea groups is 1. The van der Waals surface area contributed by atoms with Gasteiger partial charge in [0.25, 0.3) is 0 Å². The summed E-state index contributed by atoms with van der Waals surface area (Å²) in [4.78, 5) is 28.8. The Hall–Kier alpha value is -1.75. The first-order valence-electron chi connectivity index (χ1n) is 8.20. The number of anilines is 1. The fourth-order valence-electron chi connectivity index (χ4n) is 3.51. The summed E-state index contributed by atoms with van der Waals surface area (Å²) >= 11 is 5.95. The molecule has 4 rings (SSSR count). The summed E-state index contributed by atoms with van der Waals surface area (Å²) in [6.07, 6.45) is 2.81. The third kappa shape index (κ3) is 3.44. The Labute approximate surface area is 141 Å². The highest BCUT2D eigenvalue weighted by atomic mass is 35.5. The fraction of sp³-hybridized carbons (Fsp3) is 0.529. The van der Waals surface area contributed by atoms with E-state index in [1.807, 2.05) is 11.0 Å². The Morgan fingerprint density at radius 1 is 1.35 bits per heavy atom. The summed E-state index contributed by atoms with van der Waals surface area (Å²) in [7, 11) is 0. The minimum Gasteiger partial charge on any atom is -0.338 e. The van der Waals surface area contributed by atoms with Crippen LogP contribution in [0.1, 0.15) is 26.2 Å². The van der Waals surface area contributed by atoms with E-state index in [1.165, 1.54) is 0 Å². The summed E-state index contributed by atoms with van der Waals surface area (Å²) in [6, 6.07) is 7.09. The topological polar surface area (TPSA) is 52.7 Å². The number of piperidine rings is 1. The number of carbonyl (C=O) groups is 2. The monoisotopic (exact) mass is 335 g/mol. The van der Waals surface area contributed by atoms with E-state index < -0.39 is 0 Å². The molecule has 3 saturated heterocycles. The number of nitrogens with zero attached hydrogens (tertiary/aromatic N) is 2. The van der Waals surface area contributed by atoms with Gasteiger partial charge in [0, 0.05) is 36.4 Å². The number of hydrogen-bond acceptors (Lipinski definition) is 2. The van der Waals surface area contributed by atoms with Gasteiger partial charge in [0.15, 0.2) is 0 Å². The third-order valence-corrected chi connectivity index (χ3v) is 4.86. The number of hydrogen-bond donors (Lipinski definition) is 1. The van der Waals surface area contributed by atoms with Crippen molar-refractivity contribution in [3.8, 4) is 0 Å². The maximum atomic E-state index is 12.6. The Morgan fingerprint density at radius 3 is 2.91 bits per heavy atom. The molecule has 124 valence electrons. The number of amides is 3. The average molecular weight is 336 g/mol. The molecule has 3 heterocycles. The van der Waals surface area contributed by atoms with Crippen LogP contribution in [0.3, 0.4) is 0 Å². The normalized spacial score (nSPS) is 23.8. The lowest BCUT2D eigenvalue weighted by Gasteiger charge is -2.35. The van der Waals surface area contributed by atoms with E-state index in [0.717, 1.165) is 25.8 Å². The minimum atomic E-state index is -0.157. The molecule has 0 saturated carbocycles. The largest absolute Gasteiger partial charge is 0.338 e. The fourth-order valence-corrected chi connectivity index (χ4v) is 3.70. The SMILES string of the molecule is CCCN1C(=O)[C@H]2CC[C@@H]1CN(C(=O)Nc1cccc(Cl)c1)C2. The van der Waals surface area contributed by atoms with Gasteiger partial charge in [-0.05, 0) is 37.5 Å². The zero-order chi connectivity index (χ0) is 16.4. The van der Waals surface area contributed by atoms with E-state index in [0.29, 0.717) is 23.8 Å². The molecule has 0 unspecified atom stereocenters. The summed E-state index contributed by atoms with van der Waals surface area (Å²) < 4.78 is 0. The second kappa shape index (κ2) is 6.79. The van der Waals surface area contributed by atoms with Crippen LogP contribution < -0.4 is 5.32 Å². The molecule has 1 aromatic carbocycles. The van der Waals surface area contributed by atoms with Crippen molar-refractivity contribution >= 4 is 29.2 Å². The number of benzene rings is 1. The van der Waals surface area contributed by atoms with E-state index in [9.17, 15) is 9.59 Å². The molecule has 0 aromatic heterocycles. The number of nitrogens with one attached hydrogen (secondary N) is 1. The zero-order valence-electron chi connectivity index (χ0n) is 13.3. The predicted octanol–water partition coefficient (Wildman–Crippen LogP) is 3.20. The lowest BCUT2D eigenvalue weighted by molar-refractivity contribution is -0.139. The van der Waals surface area contributed by atoms with Gasteiger partial charge in [-0.2, -0.15) is 0 Å². The lowest BCUT2D eigenvalue weighted by Crippen LogP contribution is -2.48. The van der Waals surface area contributed by atoms with E-state index >= 15 is 0 Å². The first-order chi connectivity index (χ1) is 11.1. The van der Waals surface area contributed by atoms with Gasteiger partial charge < -0.3 is 15.1 Å². The number of rotatable bonds is 3. The zero-order valence-corrected chi connectivity index (χ0v) is 14.1. The van der Waals surface area contributed by atoms with Crippen molar-refractivity contribution in [2.75, 3.05) is 25.0 Å². The minimum absolute atomic E-state index is 0.0644. The maximum absolute atomic E-state index is 12.6. The molecule has 3 fully saturated rings. The third-order valence-electron chi connectivity index (χ3n) is 4.62. The molecule has 1 aromatic rings. The van der Waals surface area contributed by atoms with Crippen molar-refractivity contribution in [3.63, 3.8) is 0 Å². The van der Waals surface area contributed by atoms with Gasteiger partial charge in [-0.3, -0.25) is 4.79 Å². The Kier molecular flexibility index (Phi) is 4.76. The lowest BCUT2D eigenvalue weighted by atomic mass is 9.94. The van der Waals surface area contributed by atoms with Crippen molar-refractivity contribution < 1.29 is 9.59 Å². The highest BCUT2D eigenvalue weighted by Crippen LogP contribution is 2.29. The highest BCUT2D eigenvalue weighted by Gasteiger charge is 2.41. The summed E-state index contributed by atoms with van der Waals surface area (Å²) in [5.41, 5.74) is 0.677. The molecule has 3 aliphatic rings. The van der Waals surface area contributed by atoms with Crippen LogP contribution in [0.25, 0.3) is 0 Å². The first-order valence-corrected chi connectivity index (χ1v) is 8.58. The molecule has 0 spiro atoms. The van der Waals surface area contributed by atoms with Crippen LogP contribution in [0.2, 0.25) is 5.02 Å². The molecular weight excluding hydrogens is 314 g/mol. The van der Waals surface area contributed by atoms with Crippen molar-refractivity contribution in [3.05, 3.63) is 29.3 Å². The van der Waals surface area contributed by atoms with Crippen molar-refractivity contribution in [1.82, 2.24) is 9.80 Å². The molecule has 2 atom stereocenters. The smallest absolute Gasteiger partial charge is 0.321 e. The quantitative estimate of drug-likeness (QED) is 0.922. The molecule has 5 nitrogen and oxygen atoms in total. The van der Waals surface area contributed by atoms with E-state index in [2.05, 4.69) is 12.2 Å². The number of fused-ring (bicyclic) bond motifs is 4. The molecular formula is C17H22ClN3O2. The Balaban J connectivity index is 1.71. The van der Waals surface area contributed by atoms with E-state index in [1.54, 1.807) is 23.1 Å². The van der Waals surface area contributed by atoms with Crippen molar-refractivity contribution in [1.29, 1.82) is 0 Å². The molecule has 2 bridgehead atoms. The van der Waals surface area contributed by atoms with Gasteiger partial charge in [-0.25, -0.2) is 4.79 Å². The molecule has 23 heavy (non-hydrogen) atoms. The standard InChI is InChI=1S/C17H22ClN3O2/c1-2-8-21-15-7-6-12(16(21)22)10-20(11-15)17(23)19-14-5-3-4-13(18)9-14/h3-5,9,12,15H,2,6-8,10-11H2,1H3,(H,19,23)/t12-,15+/m0/s1. The average Bonchev–Trinajstić information content (AvgIpc) is 2.81. The number of halogens is 1.